The summed E-state index contributed by atoms with van der Waals surface area (Å²) in [5, 5.41) is 0. The van der Waals surface area contributed by atoms with Crippen LogP contribution in [-0.2, 0) is 6.42 Å². The van der Waals surface area contributed by atoms with Crippen molar-refractivity contribution in [2.75, 3.05) is 12.0 Å². The maximum Gasteiger partial charge on any atom is 0.0695 e. The van der Waals surface area contributed by atoms with Crippen molar-refractivity contribution in [1.29, 1.82) is 0 Å². The van der Waals surface area contributed by atoms with E-state index in [1.807, 2.05) is 12.3 Å². The summed E-state index contributed by atoms with van der Waals surface area (Å²) < 4.78 is 0. The number of anilines is 1. The van der Waals surface area contributed by atoms with Crippen molar-refractivity contribution in [3.63, 3.8) is 0 Å². The molecule has 1 aliphatic heterocycles. The first-order valence-electron chi connectivity index (χ1n) is 3.12. The predicted molar refractivity (Wildman–Crippen MR) is 36.1 cm³/mol. The summed E-state index contributed by atoms with van der Waals surface area (Å²) >= 11 is 0. The standard InChI is InChI=1S/C6H9N3/c1-3-7-5-2-4-8-9-6(1)5/h1,3,7-9H,2,4H2. The minimum atomic E-state index is 1.01. The number of hydrazine groups is 1. The van der Waals surface area contributed by atoms with E-state index < -0.39 is 0 Å². The molecule has 2 heterocycles. The Morgan fingerprint density at radius 2 is 2.44 bits per heavy atom. The highest BCUT2D eigenvalue weighted by molar-refractivity contribution is 5.48. The van der Waals surface area contributed by atoms with Crippen LogP contribution in [0.4, 0.5) is 5.69 Å². The molecule has 0 unspecified atom stereocenters. The Morgan fingerprint density at radius 1 is 1.44 bits per heavy atom. The topological polar surface area (TPSA) is 39.9 Å². The van der Waals surface area contributed by atoms with Gasteiger partial charge in [0.15, 0.2) is 0 Å². The molecule has 48 valence electrons. The molecule has 0 bridgehead atoms. The van der Waals surface area contributed by atoms with Gasteiger partial charge in [-0.05, 0) is 6.07 Å². The van der Waals surface area contributed by atoms with E-state index in [-0.39, 0.29) is 0 Å². The van der Waals surface area contributed by atoms with E-state index in [9.17, 15) is 0 Å². The van der Waals surface area contributed by atoms with Gasteiger partial charge in [0.1, 0.15) is 0 Å². The summed E-state index contributed by atoms with van der Waals surface area (Å²) in [5.41, 5.74) is 8.60. The summed E-state index contributed by atoms with van der Waals surface area (Å²) in [6.07, 6.45) is 3.04. The molecule has 0 spiro atoms. The number of nitrogens with one attached hydrogen (secondary N) is 3. The molecule has 0 radical (unpaired) electrons. The molecular formula is C6H9N3. The molecule has 1 aromatic heterocycles. The fourth-order valence-corrected chi connectivity index (χ4v) is 1.07. The summed E-state index contributed by atoms with van der Waals surface area (Å²) in [6.45, 7) is 1.01. The van der Waals surface area contributed by atoms with Gasteiger partial charge in [0.05, 0.1) is 5.69 Å². The van der Waals surface area contributed by atoms with Crippen LogP contribution in [0.15, 0.2) is 12.3 Å². The van der Waals surface area contributed by atoms with Crippen molar-refractivity contribution >= 4 is 5.69 Å². The highest BCUT2D eigenvalue weighted by atomic mass is 15.4. The van der Waals surface area contributed by atoms with E-state index in [0.717, 1.165) is 13.0 Å². The Bertz CT molecular complexity index is 183. The second-order valence-corrected chi connectivity index (χ2v) is 2.17. The molecule has 2 rings (SSSR count). The molecule has 0 saturated heterocycles. The SMILES string of the molecule is c1cc2c([nH]1)CCNN2. The third kappa shape index (κ3) is 0.695. The lowest BCUT2D eigenvalue weighted by Crippen LogP contribution is -2.28. The van der Waals surface area contributed by atoms with E-state index in [1.165, 1.54) is 11.4 Å². The van der Waals surface area contributed by atoms with Crippen LogP contribution in [0, 0.1) is 0 Å². The van der Waals surface area contributed by atoms with Crippen molar-refractivity contribution in [2.24, 2.45) is 0 Å². The first kappa shape index (κ1) is 4.88. The highest BCUT2D eigenvalue weighted by Gasteiger charge is 2.06. The number of aromatic amines is 1. The Morgan fingerprint density at radius 3 is 3.33 bits per heavy atom. The Balaban J connectivity index is 2.39. The van der Waals surface area contributed by atoms with Gasteiger partial charge in [-0.1, -0.05) is 0 Å². The molecule has 3 N–H and O–H groups in total. The summed E-state index contributed by atoms with van der Waals surface area (Å²) in [5.74, 6) is 0. The van der Waals surface area contributed by atoms with Gasteiger partial charge < -0.3 is 10.4 Å². The van der Waals surface area contributed by atoms with Gasteiger partial charge in [-0.15, -0.1) is 0 Å². The number of aromatic nitrogens is 1. The average Bonchev–Trinajstić information content (AvgIpc) is 2.33. The second-order valence-electron chi connectivity index (χ2n) is 2.17. The van der Waals surface area contributed by atoms with Crippen LogP contribution < -0.4 is 10.9 Å². The molecule has 0 amide bonds. The fourth-order valence-electron chi connectivity index (χ4n) is 1.07. The van der Waals surface area contributed by atoms with Gasteiger partial charge >= 0.3 is 0 Å². The molecule has 9 heavy (non-hydrogen) atoms. The third-order valence-corrected chi connectivity index (χ3v) is 1.56. The average molecular weight is 123 g/mol. The number of rotatable bonds is 0. The molecule has 1 aromatic rings. The predicted octanol–water partition coefficient (Wildman–Crippen LogP) is 0.487. The van der Waals surface area contributed by atoms with Crippen molar-refractivity contribution in [1.82, 2.24) is 10.4 Å². The van der Waals surface area contributed by atoms with Crippen molar-refractivity contribution in [3.8, 4) is 0 Å². The summed E-state index contributed by atoms with van der Waals surface area (Å²) in [6, 6.07) is 2.03. The number of H-pyrrole nitrogens is 1. The molecule has 0 aromatic carbocycles. The van der Waals surface area contributed by atoms with Crippen molar-refractivity contribution in [2.45, 2.75) is 6.42 Å². The Labute approximate surface area is 53.4 Å². The largest absolute Gasteiger partial charge is 0.363 e. The minimum Gasteiger partial charge on any atom is -0.363 e. The maximum atomic E-state index is 3.16. The lowest BCUT2D eigenvalue weighted by atomic mass is 10.2. The molecule has 3 nitrogen and oxygen atoms in total. The van der Waals surface area contributed by atoms with Gasteiger partial charge in [0, 0.05) is 24.9 Å². The third-order valence-electron chi connectivity index (χ3n) is 1.56. The van der Waals surface area contributed by atoms with Gasteiger partial charge in [-0.2, -0.15) is 0 Å². The molecule has 1 aliphatic rings. The Kier molecular flexibility index (Phi) is 0.960. The van der Waals surface area contributed by atoms with E-state index in [0.29, 0.717) is 0 Å². The van der Waals surface area contributed by atoms with Crippen molar-refractivity contribution in [3.05, 3.63) is 18.0 Å². The molecule has 0 saturated carbocycles. The van der Waals surface area contributed by atoms with E-state index in [1.54, 1.807) is 0 Å². The van der Waals surface area contributed by atoms with Gasteiger partial charge in [0.2, 0.25) is 0 Å². The van der Waals surface area contributed by atoms with E-state index in [2.05, 4.69) is 15.8 Å². The quantitative estimate of drug-likeness (QED) is 0.469. The zero-order valence-electron chi connectivity index (χ0n) is 5.07. The number of hydrogen-bond acceptors (Lipinski definition) is 2. The first-order chi connectivity index (χ1) is 4.47. The molecular weight excluding hydrogens is 114 g/mol. The fraction of sp³-hybridized carbons (Fsp3) is 0.333. The van der Waals surface area contributed by atoms with Gasteiger partial charge in [-0.25, -0.2) is 5.43 Å². The van der Waals surface area contributed by atoms with Crippen LogP contribution in [0.5, 0.6) is 0 Å². The van der Waals surface area contributed by atoms with E-state index >= 15 is 0 Å². The van der Waals surface area contributed by atoms with Crippen LogP contribution in [0.3, 0.4) is 0 Å². The highest BCUT2D eigenvalue weighted by Crippen LogP contribution is 2.14. The van der Waals surface area contributed by atoms with Crippen LogP contribution in [0.25, 0.3) is 0 Å². The van der Waals surface area contributed by atoms with Gasteiger partial charge in [-0.3, -0.25) is 0 Å². The van der Waals surface area contributed by atoms with E-state index in [4.69, 9.17) is 0 Å². The maximum absolute atomic E-state index is 3.16. The molecule has 0 atom stereocenters. The van der Waals surface area contributed by atoms with Crippen LogP contribution >= 0.6 is 0 Å². The lowest BCUT2D eigenvalue weighted by Gasteiger charge is -2.13. The zero-order chi connectivity index (χ0) is 6.10. The first-order valence-corrected chi connectivity index (χ1v) is 3.12. The van der Waals surface area contributed by atoms with Crippen LogP contribution in [0.2, 0.25) is 0 Å². The zero-order valence-corrected chi connectivity index (χ0v) is 5.07. The summed E-state index contributed by atoms with van der Waals surface area (Å²) in [7, 11) is 0. The lowest BCUT2D eigenvalue weighted by molar-refractivity contribution is 0.737. The van der Waals surface area contributed by atoms with Crippen molar-refractivity contribution < 1.29 is 0 Å². The van der Waals surface area contributed by atoms with Gasteiger partial charge in [0.25, 0.3) is 0 Å². The second kappa shape index (κ2) is 1.77. The number of hydrogen-bond donors (Lipinski definition) is 3. The van der Waals surface area contributed by atoms with Crippen LogP contribution in [-0.4, -0.2) is 11.5 Å². The summed E-state index contributed by atoms with van der Waals surface area (Å²) in [4.78, 5) is 3.16. The molecule has 0 aliphatic carbocycles. The van der Waals surface area contributed by atoms with Crippen LogP contribution in [0.1, 0.15) is 5.69 Å². The smallest absolute Gasteiger partial charge is 0.0695 e. The molecule has 0 fully saturated rings. The Hall–Kier alpha value is -0.960. The minimum absolute atomic E-state index is 1.01. The normalized spacial score (nSPS) is 16.4. The molecule has 3 heteroatoms. The monoisotopic (exact) mass is 123 g/mol. The number of fused-ring (bicyclic) bond motifs is 1.